The van der Waals surface area contributed by atoms with Gasteiger partial charge >= 0.3 is 6.09 Å². The van der Waals surface area contributed by atoms with Crippen molar-refractivity contribution in [2.24, 2.45) is 17.2 Å². The molecular formula is C43H62N14O8. The minimum atomic E-state index is -0.727. The van der Waals surface area contributed by atoms with Crippen molar-refractivity contribution >= 4 is 52.6 Å². The summed E-state index contributed by atoms with van der Waals surface area (Å²) < 4.78 is 27.0. The van der Waals surface area contributed by atoms with Crippen LogP contribution < -0.4 is 53.3 Å². The number of nitrogens with one attached hydrogen (secondary N) is 5. The van der Waals surface area contributed by atoms with E-state index in [2.05, 4.69) is 70.8 Å². The number of methoxy groups -OCH3 is 2. The standard InChI is InChI=1S/C24H35N7O5.C19H27N7O3/c1-6-7-15-18(34-5)8-9-19(27-15)28-16-12-20(30-31-21(16)22(25)32)26-14-10-11-35-13-17(14)29-23(33)36-24(2,3)4;1-3-4-13-15(28-2)5-6-16(23-13)24-14-9-17(25-26-18(14)19(21)27)22-12-7-8-29-10-11(12)20/h8-9,12,14,17H,6-7,10-11,13H2,1-5H3,(H2,25,32)(H,29,33)(H2,26,27,28,30);5-6,9,11-12H,3-4,7-8,10,20H2,1-2H3,(H2,21,27)(H2,22,23,24,25)/t14-,17+;11-,12+/m10/s1. The van der Waals surface area contributed by atoms with Gasteiger partial charge in [-0.25, -0.2) is 14.8 Å². The molecule has 352 valence electrons. The van der Waals surface area contributed by atoms with Crippen LogP contribution >= 0.6 is 0 Å². The number of nitrogens with two attached hydrogens (primary N) is 3. The van der Waals surface area contributed by atoms with Gasteiger partial charge in [-0.2, -0.15) is 0 Å². The van der Waals surface area contributed by atoms with Crippen LogP contribution in [0.4, 0.5) is 39.4 Å². The molecule has 2 aliphatic heterocycles. The molecule has 0 spiro atoms. The van der Waals surface area contributed by atoms with Gasteiger partial charge in [-0.1, -0.05) is 26.7 Å². The quantitative estimate of drug-likeness (QED) is 0.0743. The molecule has 0 bridgehead atoms. The van der Waals surface area contributed by atoms with Crippen LogP contribution in [0.5, 0.6) is 11.5 Å². The fourth-order valence-corrected chi connectivity index (χ4v) is 6.91. The normalized spacial score (nSPS) is 18.2. The molecule has 0 aliphatic carbocycles. The summed E-state index contributed by atoms with van der Waals surface area (Å²) in [6.07, 6.45) is 4.16. The average molecular weight is 903 g/mol. The number of carbonyl (C=O) groups is 3. The third-order valence-corrected chi connectivity index (χ3v) is 9.98. The van der Waals surface area contributed by atoms with Crippen LogP contribution in [-0.4, -0.2) is 119 Å². The van der Waals surface area contributed by atoms with Crippen LogP contribution in [0.1, 0.15) is 92.7 Å². The van der Waals surface area contributed by atoms with E-state index in [0.717, 1.165) is 49.2 Å². The van der Waals surface area contributed by atoms with E-state index in [4.69, 9.17) is 40.9 Å². The number of aryl methyl sites for hydroxylation is 2. The van der Waals surface area contributed by atoms with Crippen LogP contribution in [-0.2, 0) is 27.1 Å². The van der Waals surface area contributed by atoms with Gasteiger partial charge in [0.1, 0.15) is 28.7 Å². The number of hydrogen-bond donors (Lipinski definition) is 8. The van der Waals surface area contributed by atoms with Gasteiger partial charge in [-0.05, 0) is 70.7 Å². The van der Waals surface area contributed by atoms with E-state index in [0.29, 0.717) is 73.2 Å². The number of hydrogen-bond acceptors (Lipinski definition) is 19. The number of aromatic nitrogens is 6. The van der Waals surface area contributed by atoms with Gasteiger partial charge in [0, 0.05) is 37.4 Å². The zero-order valence-corrected chi connectivity index (χ0v) is 38.0. The predicted octanol–water partition coefficient (Wildman–Crippen LogP) is 3.97. The van der Waals surface area contributed by atoms with E-state index in [9.17, 15) is 14.4 Å². The van der Waals surface area contributed by atoms with Crippen LogP contribution in [0.25, 0.3) is 0 Å². The van der Waals surface area contributed by atoms with Crippen molar-refractivity contribution in [1.82, 2.24) is 35.7 Å². The molecule has 0 radical (unpaired) electrons. The maximum Gasteiger partial charge on any atom is 0.408 e. The van der Waals surface area contributed by atoms with Gasteiger partial charge < -0.3 is 67.5 Å². The van der Waals surface area contributed by atoms with Crippen molar-refractivity contribution in [1.29, 1.82) is 0 Å². The fraction of sp³-hybridized carbons (Fsp3) is 0.512. The molecule has 6 rings (SSSR count). The van der Waals surface area contributed by atoms with Crippen LogP contribution in [0, 0.1) is 0 Å². The number of alkyl carbamates (subject to hydrolysis) is 1. The van der Waals surface area contributed by atoms with Crippen molar-refractivity contribution < 1.29 is 38.1 Å². The summed E-state index contributed by atoms with van der Waals surface area (Å²) in [6.45, 7) is 11.4. The summed E-state index contributed by atoms with van der Waals surface area (Å²) in [5, 5.41) is 31.8. The molecule has 4 atom stereocenters. The minimum absolute atomic E-state index is 0.000552. The van der Waals surface area contributed by atoms with Gasteiger partial charge in [-0.15, -0.1) is 20.4 Å². The highest BCUT2D eigenvalue weighted by molar-refractivity contribution is 5.98. The Kier molecular flexibility index (Phi) is 17.7. The molecule has 22 heteroatoms. The zero-order valence-electron chi connectivity index (χ0n) is 38.0. The lowest BCUT2D eigenvalue weighted by Crippen LogP contribution is -2.53. The first kappa shape index (κ1) is 49.4. The van der Waals surface area contributed by atoms with Gasteiger partial charge in [0.2, 0.25) is 0 Å². The summed E-state index contributed by atoms with van der Waals surface area (Å²) in [5.41, 5.74) is 18.9. The van der Waals surface area contributed by atoms with E-state index >= 15 is 0 Å². The summed E-state index contributed by atoms with van der Waals surface area (Å²) in [4.78, 5) is 45.3. The van der Waals surface area contributed by atoms with Crippen molar-refractivity contribution in [3.05, 3.63) is 59.2 Å². The second kappa shape index (κ2) is 23.3. The van der Waals surface area contributed by atoms with Gasteiger partial charge in [0.15, 0.2) is 23.0 Å². The van der Waals surface area contributed by atoms with E-state index in [1.165, 1.54) is 0 Å². The maximum atomic E-state index is 12.3. The molecule has 0 aromatic carbocycles. The first-order valence-electron chi connectivity index (χ1n) is 21.5. The van der Waals surface area contributed by atoms with Gasteiger partial charge in [0.25, 0.3) is 11.8 Å². The Morgan fingerprint density at radius 2 is 1.17 bits per heavy atom. The Bertz CT molecular complexity index is 2240. The number of ether oxygens (including phenoxy) is 5. The summed E-state index contributed by atoms with van der Waals surface area (Å²) in [5.74, 6) is 1.95. The zero-order chi connectivity index (χ0) is 47.1. The molecule has 0 unspecified atom stereocenters. The number of carbonyl (C=O) groups excluding carboxylic acids is 3. The molecule has 22 nitrogen and oxygen atoms in total. The van der Waals surface area contributed by atoms with Crippen LogP contribution in [0.3, 0.4) is 0 Å². The second-order valence-corrected chi connectivity index (χ2v) is 16.3. The molecular weight excluding hydrogens is 841 g/mol. The highest BCUT2D eigenvalue weighted by atomic mass is 16.6. The Hall–Kier alpha value is -6.65. The fourth-order valence-electron chi connectivity index (χ4n) is 6.91. The maximum absolute atomic E-state index is 12.3. The first-order chi connectivity index (χ1) is 31.1. The van der Waals surface area contributed by atoms with E-state index in [1.54, 1.807) is 59.3 Å². The molecule has 2 saturated heterocycles. The van der Waals surface area contributed by atoms with Crippen molar-refractivity contribution in [3.8, 4) is 11.5 Å². The molecule has 2 fully saturated rings. The van der Waals surface area contributed by atoms with E-state index in [-0.39, 0.29) is 35.6 Å². The van der Waals surface area contributed by atoms with E-state index < -0.39 is 23.5 Å². The summed E-state index contributed by atoms with van der Waals surface area (Å²) >= 11 is 0. The number of amides is 3. The third kappa shape index (κ3) is 14.4. The molecule has 65 heavy (non-hydrogen) atoms. The number of pyridine rings is 2. The summed E-state index contributed by atoms with van der Waals surface area (Å²) in [6, 6.07) is 9.76. The predicted molar refractivity (Wildman–Crippen MR) is 244 cm³/mol. The molecule has 3 amide bonds. The van der Waals surface area contributed by atoms with Crippen molar-refractivity contribution in [3.63, 3.8) is 0 Å². The monoisotopic (exact) mass is 902 g/mol. The largest absolute Gasteiger partial charge is 0.495 e. The molecule has 0 saturated carbocycles. The number of nitrogens with zero attached hydrogens (tertiary/aromatic N) is 6. The molecule has 2 aliphatic rings. The Morgan fingerprint density at radius 3 is 1.62 bits per heavy atom. The highest BCUT2D eigenvalue weighted by Gasteiger charge is 2.30. The summed E-state index contributed by atoms with van der Waals surface area (Å²) in [7, 11) is 3.21. The third-order valence-electron chi connectivity index (χ3n) is 9.98. The topological polar surface area (TPSA) is 313 Å². The van der Waals surface area contributed by atoms with Crippen molar-refractivity contribution in [2.75, 3.05) is 61.9 Å². The lowest BCUT2D eigenvalue weighted by atomic mass is 10.0. The number of rotatable bonds is 17. The van der Waals surface area contributed by atoms with E-state index in [1.807, 2.05) is 12.1 Å². The molecule has 6 heterocycles. The Balaban J connectivity index is 0.000000250. The van der Waals surface area contributed by atoms with Crippen LogP contribution in [0.2, 0.25) is 0 Å². The highest BCUT2D eigenvalue weighted by Crippen LogP contribution is 2.28. The molecule has 11 N–H and O–H groups in total. The number of primary amides is 2. The van der Waals surface area contributed by atoms with Crippen LogP contribution in [0.15, 0.2) is 36.4 Å². The Morgan fingerprint density at radius 1 is 0.692 bits per heavy atom. The van der Waals surface area contributed by atoms with Gasteiger partial charge in [0.05, 0.1) is 62.3 Å². The number of anilines is 6. The first-order valence-corrected chi connectivity index (χ1v) is 21.5. The molecule has 4 aromatic rings. The lowest BCUT2D eigenvalue weighted by molar-refractivity contribution is 0.0317. The molecule has 4 aromatic heterocycles. The SMILES string of the molecule is CCCc1nc(Nc2cc(N[C@@H]3CCOC[C@@H]3N)nnc2C(N)=O)ccc1OC.CCCc1nc(Nc2cc(N[C@@H]3CCOC[C@@H]3NC(=O)OC(C)(C)C)nnc2C(N)=O)ccc1OC. The Labute approximate surface area is 378 Å². The van der Waals surface area contributed by atoms with Crippen molar-refractivity contribution in [2.45, 2.75) is 103 Å². The minimum Gasteiger partial charge on any atom is -0.495 e. The second-order valence-electron chi connectivity index (χ2n) is 16.3. The smallest absolute Gasteiger partial charge is 0.408 e. The lowest BCUT2D eigenvalue weighted by Gasteiger charge is -2.33. The average Bonchev–Trinajstić information content (AvgIpc) is 3.25. The van der Waals surface area contributed by atoms with Gasteiger partial charge in [-0.3, -0.25) is 9.59 Å².